The first-order valence-electron chi connectivity index (χ1n) is 12.5. The fourth-order valence-corrected chi connectivity index (χ4v) is 4.80. The predicted octanol–water partition coefficient (Wildman–Crippen LogP) is 5.03. The van der Waals surface area contributed by atoms with Crippen molar-refractivity contribution in [2.45, 2.75) is 64.9 Å². The Morgan fingerprint density at radius 2 is 2.00 bits per heavy atom. The number of aromatic nitrogens is 3. The van der Waals surface area contributed by atoms with E-state index >= 15 is 4.39 Å². The Morgan fingerprint density at radius 3 is 2.71 bits per heavy atom. The highest BCUT2D eigenvalue weighted by Crippen LogP contribution is 2.33. The Morgan fingerprint density at radius 1 is 1.20 bits per heavy atom. The van der Waals surface area contributed by atoms with Crippen LogP contribution in [0.15, 0.2) is 28.8 Å². The summed E-state index contributed by atoms with van der Waals surface area (Å²) in [5, 5.41) is 16.9. The molecule has 0 amide bonds. The lowest BCUT2D eigenvalue weighted by Gasteiger charge is -2.21. The zero-order valence-corrected chi connectivity index (χ0v) is 20.8. The average Bonchev–Trinajstić information content (AvgIpc) is 3.20. The van der Waals surface area contributed by atoms with Gasteiger partial charge in [-0.25, -0.2) is 14.4 Å². The Labute approximate surface area is 206 Å². The van der Waals surface area contributed by atoms with Crippen LogP contribution in [0.2, 0.25) is 0 Å². The van der Waals surface area contributed by atoms with Crippen LogP contribution in [-0.2, 0) is 6.42 Å². The predicted molar refractivity (Wildman–Crippen MR) is 133 cm³/mol. The number of likely N-dealkylation sites (N-methyl/N-ethyl adjacent to an activating group) is 1. The second kappa shape index (κ2) is 11.7. The van der Waals surface area contributed by atoms with Crippen molar-refractivity contribution in [2.24, 2.45) is 5.92 Å². The third-order valence-electron chi connectivity index (χ3n) is 6.68. The molecule has 0 bridgehead atoms. The number of rotatable bonds is 10. The summed E-state index contributed by atoms with van der Waals surface area (Å²) in [6.45, 7) is 4.15. The molecule has 1 saturated carbocycles. The van der Waals surface area contributed by atoms with Crippen molar-refractivity contribution >= 4 is 0 Å². The van der Waals surface area contributed by atoms with E-state index in [-0.39, 0.29) is 12.3 Å². The molecule has 4 rings (SSSR count). The van der Waals surface area contributed by atoms with Crippen LogP contribution in [-0.4, -0.2) is 46.5 Å². The van der Waals surface area contributed by atoms with E-state index in [0.717, 1.165) is 12.0 Å². The average molecular weight is 483 g/mol. The highest BCUT2D eigenvalue weighted by Gasteiger charge is 2.23. The van der Waals surface area contributed by atoms with Crippen LogP contribution < -0.4 is 10.1 Å². The van der Waals surface area contributed by atoms with Gasteiger partial charge in [-0.1, -0.05) is 49.4 Å². The van der Waals surface area contributed by atoms with E-state index in [1.807, 2.05) is 24.3 Å². The molecular formula is C27H35FN4O3. The van der Waals surface area contributed by atoms with Crippen LogP contribution in [0.25, 0.3) is 22.6 Å². The minimum atomic E-state index is -0.622. The molecule has 1 aromatic carbocycles. The van der Waals surface area contributed by atoms with Gasteiger partial charge in [0.1, 0.15) is 29.9 Å². The fourth-order valence-electron chi connectivity index (χ4n) is 4.80. The van der Waals surface area contributed by atoms with E-state index in [4.69, 9.17) is 9.26 Å². The zero-order valence-electron chi connectivity index (χ0n) is 20.8. The third kappa shape index (κ3) is 6.24. The molecule has 7 nitrogen and oxygen atoms in total. The van der Waals surface area contributed by atoms with E-state index in [1.54, 1.807) is 20.9 Å². The van der Waals surface area contributed by atoms with Crippen molar-refractivity contribution in [2.75, 3.05) is 20.2 Å². The second-order valence-corrected chi connectivity index (χ2v) is 9.45. The molecule has 0 aliphatic heterocycles. The highest BCUT2D eigenvalue weighted by molar-refractivity contribution is 5.68. The number of benzene rings is 1. The number of hydrogen-bond donors (Lipinski definition) is 2. The minimum absolute atomic E-state index is 0.158. The van der Waals surface area contributed by atoms with Gasteiger partial charge in [-0.05, 0) is 51.8 Å². The maximum absolute atomic E-state index is 15.8. The van der Waals surface area contributed by atoms with Crippen LogP contribution in [0.5, 0.6) is 5.75 Å². The summed E-state index contributed by atoms with van der Waals surface area (Å²) in [5.41, 5.74) is 2.54. The largest absolute Gasteiger partial charge is 0.491 e. The van der Waals surface area contributed by atoms with Crippen molar-refractivity contribution in [3.05, 3.63) is 47.2 Å². The first-order valence-corrected chi connectivity index (χ1v) is 12.5. The minimum Gasteiger partial charge on any atom is -0.491 e. The summed E-state index contributed by atoms with van der Waals surface area (Å²) < 4.78 is 26.8. The smallest absolute Gasteiger partial charge is 0.171 e. The number of aliphatic hydroxyl groups is 1. The summed E-state index contributed by atoms with van der Waals surface area (Å²) in [6, 6.07) is 7.37. The standard InChI is InChI=1S/C27H35FN4O3/c1-17-24(18(2)35-32-17)26-25(28)23(13-12-19-8-5-4-6-9-19)30-27(31-26)20-10-7-11-22(14-20)34-16-21(33)15-29-3/h7,10-11,14,19,21,29,33H,4-6,8-9,12-13,15-16H2,1-3H3. The zero-order chi connectivity index (χ0) is 24.8. The van der Waals surface area contributed by atoms with Gasteiger partial charge in [0, 0.05) is 12.1 Å². The van der Waals surface area contributed by atoms with E-state index in [0.29, 0.717) is 53.2 Å². The maximum atomic E-state index is 15.8. The second-order valence-electron chi connectivity index (χ2n) is 9.45. The molecule has 188 valence electrons. The number of hydrogen-bond acceptors (Lipinski definition) is 7. The van der Waals surface area contributed by atoms with Gasteiger partial charge in [0.2, 0.25) is 0 Å². The number of halogens is 1. The molecule has 2 aromatic heterocycles. The lowest BCUT2D eigenvalue weighted by atomic mass is 9.85. The van der Waals surface area contributed by atoms with Crippen molar-refractivity contribution in [3.8, 4) is 28.4 Å². The van der Waals surface area contributed by atoms with Gasteiger partial charge in [0.25, 0.3) is 0 Å². The lowest BCUT2D eigenvalue weighted by Crippen LogP contribution is -2.29. The van der Waals surface area contributed by atoms with Crippen molar-refractivity contribution in [3.63, 3.8) is 0 Å². The monoisotopic (exact) mass is 482 g/mol. The Hall–Kier alpha value is -2.84. The topological polar surface area (TPSA) is 93.3 Å². The number of ether oxygens (including phenoxy) is 1. The summed E-state index contributed by atoms with van der Waals surface area (Å²) in [5.74, 6) is 1.76. The molecule has 8 heteroatoms. The van der Waals surface area contributed by atoms with Crippen LogP contribution in [0.4, 0.5) is 4.39 Å². The molecule has 0 radical (unpaired) electrons. The van der Waals surface area contributed by atoms with Crippen molar-refractivity contribution in [1.29, 1.82) is 0 Å². The number of nitrogens with zero attached hydrogens (tertiary/aromatic N) is 3. The maximum Gasteiger partial charge on any atom is 0.171 e. The molecule has 2 N–H and O–H groups in total. The van der Waals surface area contributed by atoms with E-state index in [2.05, 4.69) is 20.4 Å². The van der Waals surface area contributed by atoms with Gasteiger partial charge < -0.3 is 19.7 Å². The Balaban J connectivity index is 1.67. The summed E-state index contributed by atoms with van der Waals surface area (Å²) in [7, 11) is 1.78. The van der Waals surface area contributed by atoms with Crippen LogP contribution in [0, 0.1) is 25.6 Å². The van der Waals surface area contributed by atoms with Crippen molar-refractivity contribution < 1.29 is 18.8 Å². The first-order chi connectivity index (χ1) is 17.0. The Bertz CT molecular complexity index is 1110. The molecule has 1 aliphatic rings. The van der Waals surface area contributed by atoms with Gasteiger partial charge in [0.05, 0.1) is 17.0 Å². The van der Waals surface area contributed by atoms with Gasteiger partial charge in [0.15, 0.2) is 11.6 Å². The number of nitrogens with one attached hydrogen (secondary N) is 1. The fraction of sp³-hybridized carbons (Fsp3) is 0.519. The summed E-state index contributed by atoms with van der Waals surface area (Å²) >= 11 is 0. The molecule has 1 aliphatic carbocycles. The summed E-state index contributed by atoms with van der Waals surface area (Å²) in [4.78, 5) is 9.30. The molecule has 1 unspecified atom stereocenters. The van der Waals surface area contributed by atoms with Crippen LogP contribution >= 0.6 is 0 Å². The molecule has 0 spiro atoms. The first kappa shape index (κ1) is 25.3. The normalized spacial score (nSPS) is 15.3. The molecular weight excluding hydrogens is 447 g/mol. The number of aliphatic hydroxyl groups excluding tert-OH is 1. The van der Waals surface area contributed by atoms with Crippen molar-refractivity contribution in [1.82, 2.24) is 20.4 Å². The quantitative estimate of drug-likeness (QED) is 0.419. The molecule has 2 heterocycles. The highest BCUT2D eigenvalue weighted by atomic mass is 19.1. The van der Waals surface area contributed by atoms with E-state index < -0.39 is 11.9 Å². The van der Waals surface area contributed by atoms with Crippen LogP contribution in [0.1, 0.15) is 55.7 Å². The van der Waals surface area contributed by atoms with Gasteiger partial charge in [-0.2, -0.15) is 0 Å². The van der Waals surface area contributed by atoms with Gasteiger partial charge in [-0.3, -0.25) is 0 Å². The molecule has 35 heavy (non-hydrogen) atoms. The lowest BCUT2D eigenvalue weighted by molar-refractivity contribution is 0.108. The molecule has 1 atom stereocenters. The molecule has 1 fully saturated rings. The Kier molecular flexibility index (Phi) is 8.46. The molecule has 3 aromatic rings. The van der Waals surface area contributed by atoms with E-state index in [9.17, 15) is 5.11 Å². The van der Waals surface area contributed by atoms with Crippen LogP contribution in [0.3, 0.4) is 0 Å². The third-order valence-corrected chi connectivity index (χ3v) is 6.68. The number of aryl methyl sites for hydroxylation is 3. The molecule has 0 saturated heterocycles. The summed E-state index contributed by atoms with van der Waals surface area (Å²) in [6.07, 6.45) is 7.07. The SMILES string of the molecule is CNCC(O)COc1cccc(-c2nc(CCC3CCCCC3)c(F)c(-c3c(C)noc3C)n2)c1. The van der Waals surface area contributed by atoms with Gasteiger partial charge >= 0.3 is 0 Å². The van der Waals surface area contributed by atoms with Gasteiger partial charge in [-0.15, -0.1) is 0 Å². The van der Waals surface area contributed by atoms with E-state index in [1.165, 1.54) is 32.1 Å².